The van der Waals surface area contributed by atoms with Gasteiger partial charge in [-0.15, -0.1) is 0 Å². The van der Waals surface area contributed by atoms with Gasteiger partial charge >= 0.3 is 0 Å². The zero-order valence-electron chi connectivity index (χ0n) is 15.8. The SMILES string of the molecule is CC.CCC.CCN1CCN(c2cn3ccnc3cc2C)CC1. The van der Waals surface area contributed by atoms with Gasteiger partial charge in [0.25, 0.3) is 0 Å². The van der Waals surface area contributed by atoms with Gasteiger partial charge in [0.05, 0.1) is 5.69 Å². The molecule has 1 fully saturated rings. The first-order valence-corrected chi connectivity index (χ1v) is 9.10. The Labute approximate surface area is 142 Å². The summed E-state index contributed by atoms with van der Waals surface area (Å²) in [6.07, 6.45) is 7.33. The van der Waals surface area contributed by atoms with Crippen molar-refractivity contribution in [3.8, 4) is 0 Å². The summed E-state index contributed by atoms with van der Waals surface area (Å²) in [7, 11) is 0. The number of aryl methyl sites for hydroxylation is 1. The molecule has 4 nitrogen and oxygen atoms in total. The number of rotatable bonds is 2. The van der Waals surface area contributed by atoms with E-state index in [0.29, 0.717) is 0 Å². The zero-order valence-corrected chi connectivity index (χ0v) is 15.8. The van der Waals surface area contributed by atoms with Gasteiger partial charge in [0.2, 0.25) is 0 Å². The number of imidazole rings is 1. The van der Waals surface area contributed by atoms with Crippen molar-refractivity contribution < 1.29 is 0 Å². The lowest BCUT2D eigenvalue weighted by Crippen LogP contribution is -2.46. The summed E-state index contributed by atoms with van der Waals surface area (Å²) in [6.45, 7) is 18.4. The van der Waals surface area contributed by atoms with Crippen molar-refractivity contribution in [2.24, 2.45) is 0 Å². The molecule has 1 aliphatic heterocycles. The van der Waals surface area contributed by atoms with E-state index in [2.05, 4.69) is 59.1 Å². The van der Waals surface area contributed by atoms with Gasteiger partial charge < -0.3 is 14.2 Å². The normalized spacial score (nSPS) is 14.8. The van der Waals surface area contributed by atoms with Crippen molar-refractivity contribution in [3.05, 3.63) is 30.2 Å². The highest BCUT2D eigenvalue weighted by Gasteiger charge is 2.17. The molecule has 0 unspecified atom stereocenters. The van der Waals surface area contributed by atoms with Crippen LogP contribution in [-0.2, 0) is 0 Å². The molecule has 0 atom stereocenters. The van der Waals surface area contributed by atoms with Crippen LogP contribution in [0.4, 0.5) is 5.69 Å². The molecule has 0 N–H and O–H groups in total. The second-order valence-corrected chi connectivity index (χ2v) is 5.66. The molecule has 130 valence electrons. The van der Waals surface area contributed by atoms with Crippen LogP contribution in [0.1, 0.15) is 46.6 Å². The Morgan fingerprint density at radius 2 is 1.65 bits per heavy atom. The van der Waals surface area contributed by atoms with E-state index >= 15 is 0 Å². The van der Waals surface area contributed by atoms with Crippen molar-refractivity contribution in [2.45, 2.75) is 48.0 Å². The highest BCUT2D eigenvalue weighted by molar-refractivity contribution is 5.58. The van der Waals surface area contributed by atoms with Gasteiger partial charge in [-0.1, -0.05) is 41.0 Å². The van der Waals surface area contributed by atoms with E-state index in [0.717, 1.165) is 38.4 Å². The van der Waals surface area contributed by atoms with Gasteiger partial charge in [-0.2, -0.15) is 0 Å². The summed E-state index contributed by atoms with van der Waals surface area (Å²) in [5.74, 6) is 0. The standard InChI is InChI=1S/C14H20N4.C3H8.C2H6/c1-3-16-6-8-17(9-7-16)13-11-18-5-4-15-14(18)10-12(13)2;1-3-2;1-2/h4-5,10-11H,3,6-9H2,1-2H3;3H2,1-2H3;1-2H3. The fraction of sp³-hybridized carbons (Fsp3) is 0.632. The van der Waals surface area contributed by atoms with Gasteiger partial charge in [-0.25, -0.2) is 4.98 Å². The summed E-state index contributed by atoms with van der Waals surface area (Å²) in [4.78, 5) is 9.32. The van der Waals surface area contributed by atoms with Crippen LogP contribution < -0.4 is 4.90 Å². The predicted octanol–water partition coefficient (Wildman–Crippen LogP) is 4.23. The minimum Gasteiger partial charge on any atom is -0.368 e. The molecule has 0 spiro atoms. The zero-order chi connectivity index (χ0) is 17.2. The molecule has 1 saturated heterocycles. The third-order valence-corrected chi connectivity index (χ3v) is 3.87. The Morgan fingerprint density at radius 1 is 1.04 bits per heavy atom. The van der Waals surface area contributed by atoms with E-state index in [1.54, 1.807) is 0 Å². The van der Waals surface area contributed by atoms with Crippen LogP contribution in [0.15, 0.2) is 24.7 Å². The number of likely N-dealkylation sites (N-methyl/N-ethyl adjacent to an activating group) is 1. The molecule has 0 aliphatic carbocycles. The Hall–Kier alpha value is -1.55. The Morgan fingerprint density at radius 3 is 2.22 bits per heavy atom. The molecule has 3 rings (SSSR count). The Balaban J connectivity index is 0.000000477. The lowest BCUT2D eigenvalue weighted by molar-refractivity contribution is 0.271. The highest BCUT2D eigenvalue weighted by Crippen LogP contribution is 2.22. The summed E-state index contributed by atoms with van der Waals surface area (Å²) >= 11 is 0. The first kappa shape index (κ1) is 19.5. The molecule has 2 aromatic rings. The smallest absolute Gasteiger partial charge is 0.137 e. The Kier molecular flexibility index (Phi) is 8.70. The van der Waals surface area contributed by atoms with Crippen LogP contribution in [0.2, 0.25) is 0 Å². The largest absolute Gasteiger partial charge is 0.368 e. The summed E-state index contributed by atoms with van der Waals surface area (Å²) in [5.41, 5.74) is 3.69. The molecular weight excluding hydrogens is 284 g/mol. The molecular formula is C19H34N4. The van der Waals surface area contributed by atoms with Crippen molar-refractivity contribution in [1.29, 1.82) is 0 Å². The molecule has 1 aliphatic rings. The molecule has 23 heavy (non-hydrogen) atoms. The van der Waals surface area contributed by atoms with E-state index < -0.39 is 0 Å². The number of hydrogen-bond donors (Lipinski definition) is 0. The van der Waals surface area contributed by atoms with E-state index in [4.69, 9.17) is 0 Å². The van der Waals surface area contributed by atoms with E-state index in [-0.39, 0.29) is 0 Å². The molecule has 0 radical (unpaired) electrons. The molecule has 3 heterocycles. The van der Waals surface area contributed by atoms with Gasteiger partial charge in [-0.3, -0.25) is 0 Å². The Bertz CT molecular complexity index is 553. The maximum Gasteiger partial charge on any atom is 0.137 e. The number of hydrogen-bond acceptors (Lipinski definition) is 3. The summed E-state index contributed by atoms with van der Waals surface area (Å²) in [5, 5.41) is 0. The van der Waals surface area contributed by atoms with Crippen LogP contribution in [0.25, 0.3) is 5.65 Å². The maximum atomic E-state index is 4.33. The monoisotopic (exact) mass is 318 g/mol. The van der Waals surface area contributed by atoms with Gasteiger partial charge in [0.15, 0.2) is 0 Å². The summed E-state index contributed by atoms with van der Waals surface area (Å²) < 4.78 is 2.11. The summed E-state index contributed by atoms with van der Waals surface area (Å²) in [6, 6.07) is 2.17. The lowest BCUT2D eigenvalue weighted by atomic mass is 10.2. The number of aromatic nitrogens is 2. The third kappa shape index (κ3) is 5.24. The molecule has 0 saturated carbocycles. The topological polar surface area (TPSA) is 23.8 Å². The third-order valence-electron chi connectivity index (χ3n) is 3.87. The van der Waals surface area contributed by atoms with Crippen LogP contribution in [0.3, 0.4) is 0 Å². The van der Waals surface area contributed by atoms with Crippen molar-refractivity contribution in [2.75, 3.05) is 37.6 Å². The fourth-order valence-electron chi connectivity index (χ4n) is 2.68. The van der Waals surface area contributed by atoms with Crippen LogP contribution in [0.5, 0.6) is 0 Å². The first-order valence-electron chi connectivity index (χ1n) is 9.10. The minimum atomic E-state index is 1.03. The van der Waals surface area contributed by atoms with Gasteiger partial charge in [0, 0.05) is 44.8 Å². The number of pyridine rings is 1. The van der Waals surface area contributed by atoms with E-state index in [1.807, 2.05) is 26.2 Å². The second kappa shape index (κ2) is 10.3. The number of piperazine rings is 1. The van der Waals surface area contributed by atoms with Gasteiger partial charge in [0.1, 0.15) is 5.65 Å². The van der Waals surface area contributed by atoms with Crippen molar-refractivity contribution >= 4 is 11.3 Å². The lowest BCUT2D eigenvalue weighted by Gasteiger charge is -2.36. The number of nitrogens with zero attached hydrogens (tertiary/aromatic N) is 4. The quantitative estimate of drug-likeness (QED) is 0.828. The number of fused-ring (bicyclic) bond motifs is 1. The first-order chi connectivity index (χ1) is 11.2. The molecule has 0 bridgehead atoms. The van der Waals surface area contributed by atoms with E-state index in [1.165, 1.54) is 17.7 Å². The number of anilines is 1. The second-order valence-electron chi connectivity index (χ2n) is 5.66. The maximum absolute atomic E-state index is 4.33. The predicted molar refractivity (Wildman–Crippen MR) is 102 cm³/mol. The molecule has 2 aromatic heterocycles. The molecule has 0 amide bonds. The average molecular weight is 319 g/mol. The van der Waals surface area contributed by atoms with E-state index in [9.17, 15) is 0 Å². The van der Waals surface area contributed by atoms with Crippen molar-refractivity contribution in [3.63, 3.8) is 0 Å². The minimum absolute atomic E-state index is 1.03. The highest BCUT2D eigenvalue weighted by atomic mass is 15.3. The van der Waals surface area contributed by atoms with Crippen LogP contribution in [0, 0.1) is 6.92 Å². The molecule has 0 aromatic carbocycles. The average Bonchev–Trinajstić information content (AvgIpc) is 3.04. The van der Waals surface area contributed by atoms with Crippen molar-refractivity contribution in [1.82, 2.24) is 14.3 Å². The van der Waals surface area contributed by atoms with Gasteiger partial charge in [-0.05, 0) is 25.1 Å². The molecule has 4 heteroatoms. The van der Waals surface area contributed by atoms with Crippen LogP contribution in [-0.4, -0.2) is 47.0 Å². The fourth-order valence-corrected chi connectivity index (χ4v) is 2.68. The van der Waals surface area contributed by atoms with Crippen LogP contribution >= 0.6 is 0 Å².